The van der Waals surface area contributed by atoms with E-state index in [-0.39, 0.29) is 5.91 Å². The van der Waals surface area contributed by atoms with Crippen LogP contribution in [0.4, 0.5) is 16.2 Å². The molecule has 0 saturated heterocycles. The van der Waals surface area contributed by atoms with Crippen molar-refractivity contribution >= 4 is 35.0 Å². The first-order valence-corrected chi connectivity index (χ1v) is 12.7. The van der Waals surface area contributed by atoms with Gasteiger partial charge >= 0.3 is 6.09 Å². The Balaban J connectivity index is 1.58. The van der Waals surface area contributed by atoms with E-state index in [1.165, 1.54) is 0 Å². The number of hydrogen-bond acceptors (Lipinski definition) is 7. The average molecular weight is 542 g/mol. The van der Waals surface area contributed by atoms with E-state index in [9.17, 15) is 9.59 Å². The Morgan fingerprint density at radius 3 is 2.82 bits per heavy atom. The van der Waals surface area contributed by atoms with Crippen LogP contribution < -0.4 is 25.4 Å². The number of ether oxygens (including phenoxy) is 3. The molecule has 38 heavy (non-hydrogen) atoms. The van der Waals surface area contributed by atoms with Gasteiger partial charge in [0.15, 0.2) is 5.75 Å². The van der Waals surface area contributed by atoms with Crippen LogP contribution >= 0.6 is 11.6 Å². The molecule has 1 aromatic carbocycles. The zero-order chi connectivity index (χ0) is 27.3. The van der Waals surface area contributed by atoms with Gasteiger partial charge in [0.1, 0.15) is 11.4 Å². The number of fused-ring (bicyclic) bond motifs is 1. The van der Waals surface area contributed by atoms with Gasteiger partial charge in [0.05, 0.1) is 47.6 Å². The minimum absolute atomic E-state index is 0.179. The highest BCUT2D eigenvalue weighted by Gasteiger charge is 2.29. The van der Waals surface area contributed by atoms with Crippen LogP contribution in [0.3, 0.4) is 0 Å². The molecule has 10 nitrogen and oxygen atoms in total. The third-order valence-electron chi connectivity index (χ3n) is 5.70. The number of alkyl carbamates (subject to hydrolysis) is 1. The number of hydrogen-bond donors (Lipinski definition) is 4. The fraction of sp³-hybridized carbons (Fsp3) is 0.370. The number of halogens is 1. The monoisotopic (exact) mass is 541 g/mol. The molecule has 0 saturated carbocycles. The number of para-hydroxylation sites is 1. The van der Waals surface area contributed by atoms with E-state index in [0.29, 0.717) is 71.7 Å². The summed E-state index contributed by atoms with van der Waals surface area (Å²) >= 11 is 6.34. The molecule has 2 aromatic heterocycles. The summed E-state index contributed by atoms with van der Waals surface area (Å²) in [4.78, 5) is 32.4. The van der Waals surface area contributed by atoms with E-state index >= 15 is 0 Å². The molecule has 0 aliphatic carbocycles. The molecule has 11 heteroatoms. The summed E-state index contributed by atoms with van der Waals surface area (Å²) in [5.74, 6) is 0.821. The molecule has 0 spiro atoms. The van der Waals surface area contributed by atoms with Crippen LogP contribution in [0.15, 0.2) is 36.7 Å². The number of rotatable bonds is 9. The molecule has 4 N–H and O–H groups in total. The van der Waals surface area contributed by atoms with Crippen molar-refractivity contribution in [3.63, 3.8) is 0 Å². The third-order valence-corrected chi connectivity index (χ3v) is 5.99. The van der Waals surface area contributed by atoms with E-state index in [1.54, 1.807) is 31.6 Å². The minimum Gasteiger partial charge on any atom is -0.493 e. The molecule has 3 aromatic rings. The molecule has 0 fully saturated rings. The van der Waals surface area contributed by atoms with Crippen molar-refractivity contribution in [1.29, 1.82) is 0 Å². The Bertz CT molecular complexity index is 1320. The highest BCUT2D eigenvalue weighted by atomic mass is 35.5. The molecule has 3 heterocycles. The highest BCUT2D eigenvalue weighted by molar-refractivity contribution is 6.32. The molecule has 0 unspecified atom stereocenters. The summed E-state index contributed by atoms with van der Waals surface area (Å²) in [5, 5.41) is 9.44. The quantitative estimate of drug-likeness (QED) is 0.279. The van der Waals surface area contributed by atoms with Crippen LogP contribution in [-0.4, -0.2) is 54.4 Å². The first-order valence-electron chi connectivity index (χ1n) is 12.3. The maximum Gasteiger partial charge on any atom is 0.407 e. The van der Waals surface area contributed by atoms with Gasteiger partial charge in [-0.3, -0.25) is 9.78 Å². The lowest BCUT2D eigenvalue weighted by Gasteiger charge is -2.19. The molecule has 1 aliphatic heterocycles. The minimum atomic E-state index is -0.557. The number of aromatic amines is 1. The van der Waals surface area contributed by atoms with Crippen LogP contribution in [-0.2, 0) is 11.2 Å². The lowest BCUT2D eigenvalue weighted by molar-refractivity contribution is 0.0525. The fourth-order valence-electron chi connectivity index (χ4n) is 4.12. The van der Waals surface area contributed by atoms with Crippen LogP contribution in [0.2, 0.25) is 5.02 Å². The van der Waals surface area contributed by atoms with Gasteiger partial charge in [0.25, 0.3) is 5.91 Å². The van der Waals surface area contributed by atoms with Gasteiger partial charge < -0.3 is 35.1 Å². The Morgan fingerprint density at radius 2 is 2.05 bits per heavy atom. The van der Waals surface area contributed by atoms with Crippen LogP contribution in [0, 0.1) is 0 Å². The summed E-state index contributed by atoms with van der Waals surface area (Å²) in [6, 6.07) is 7.19. The van der Waals surface area contributed by atoms with Gasteiger partial charge in [-0.25, -0.2) is 4.79 Å². The lowest BCUT2D eigenvalue weighted by atomic mass is 10.0. The van der Waals surface area contributed by atoms with Crippen LogP contribution in [0.5, 0.6) is 11.5 Å². The Kier molecular flexibility index (Phi) is 8.31. The Morgan fingerprint density at radius 1 is 1.24 bits per heavy atom. The summed E-state index contributed by atoms with van der Waals surface area (Å²) in [6.45, 7) is 6.70. The zero-order valence-corrected chi connectivity index (χ0v) is 22.6. The molecule has 202 valence electrons. The van der Waals surface area contributed by atoms with Crippen molar-refractivity contribution in [2.24, 2.45) is 0 Å². The van der Waals surface area contributed by atoms with E-state index in [4.69, 9.17) is 25.8 Å². The maximum atomic E-state index is 12.9. The summed E-state index contributed by atoms with van der Waals surface area (Å²) in [7, 11) is 1.54. The van der Waals surface area contributed by atoms with Crippen molar-refractivity contribution in [3.8, 4) is 22.8 Å². The Hall–Kier alpha value is -3.92. The Labute approximate surface area is 226 Å². The molecule has 0 atom stereocenters. The molecule has 2 amide bonds. The van der Waals surface area contributed by atoms with Gasteiger partial charge in [-0.2, -0.15) is 0 Å². The zero-order valence-electron chi connectivity index (χ0n) is 21.9. The number of carbonyl (C=O) groups excluding carboxylic acids is 2. The van der Waals surface area contributed by atoms with Crippen molar-refractivity contribution in [2.45, 2.75) is 39.2 Å². The molecule has 4 rings (SSSR count). The van der Waals surface area contributed by atoms with E-state index in [0.717, 1.165) is 11.3 Å². The third kappa shape index (κ3) is 6.31. The first-order chi connectivity index (χ1) is 18.2. The first kappa shape index (κ1) is 27.1. The molecule has 0 radical (unpaired) electrons. The lowest BCUT2D eigenvalue weighted by Crippen LogP contribution is -2.33. The second-order valence-electron chi connectivity index (χ2n) is 9.68. The van der Waals surface area contributed by atoms with E-state index in [2.05, 4.69) is 25.9 Å². The van der Waals surface area contributed by atoms with Crippen LogP contribution in [0.25, 0.3) is 11.3 Å². The van der Waals surface area contributed by atoms with Gasteiger partial charge in [-0.1, -0.05) is 17.7 Å². The van der Waals surface area contributed by atoms with Gasteiger partial charge in [0, 0.05) is 37.0 Å². The average Bonchev–Trinajstić information content (AvgIpc) is 3.22. The standard InChI is InChI=1S/C27H32ClN5O5/c1-27(2,3)38-26(35)31-11-6-14-37-20-15-29-12-9-16(20)22-23(21-18(32-22)10-13-30-25(21)34)33-19-8-5-7-17(28)24(19)36-4/h5,7-9,12,15,32-33H,6,10-11,13-14H2,1-4H3,(H,30,34)(H,31,35). The fourth-order valence-corrected chi connectivity index (χ4v) is 4.37. The number of nitrogens with zero attached hydrogens (tertiary/aromatic N) is 1. The number of methoxy groups -OCH3 is 1. The van der Waals surface area contributed by atoms with Crippen molar-refractivity contribution in [2.75, 3.05) is 32.1 Å². The number of nitrogens with one attached hydrogen (secondary N) is 4. The predicted octanol–water partition coefficient (Wildman–Crippen LogP) is 5.06. The summed E-state index contributed by atoms with van der Waals surface area (Å²) in [5.41, 5.74) is 3.39. The highest BCUT2D eigenvalue weighted by Crippen LogP contribution is 2.42. The summed E-state index contributed by atoms with van der Waals surface area (Å²) in [6.07, 6.45) is 4.03. The largest absolute Gasteiger partial charge is 0.493 e. The van der Waals surface area contributed by atoms with Crippen molar-refractivity contribution in [1.82, 2.24) is 20.6 Å². The second-order valence-corrected chi connectivity index (χ2v) is 10.1. The number of carbonyl (C=O) groups is 2. The van der Waals surface area contributed by atoms with E-state index < -0.39 is 11.7 Å². The number of H-pyrrole nitrogens is 1. The topological polar surface area (TPSA) is 127 Å². The van der Waals surface area contributed by atoms with Crippen molar-refractivity contribution < 1.29 is 23.8 Å². The number of benzene rings is 1. The molecule has 0 bridgehead atoms. The normalized spacial score (nSPS) is 12.8. The molecular formula is C27H32ClN5O5. The number of pyridine rings is 1. The number of amides is 2. The van der Waals surface area contributed by atoms with Crippen molar-refractivity contribution in [3.05, 3.63) is 52.9 Å². The summed E-state index contributed by atoms with van der Waals surface area (Å²) < 4.78 is 16.8. The SMILES string of the molecule is COc1c(Cl)cccc1Nc1c(-c2ccncc2OCCCNC(=O)OC(C)(C)C)[nH]c2c1C(=O)NCC2. The maximum absolute atomic E-state index is 12.9. The van der Waals surface area contributed by atoms with Gasteiger partial charge in [-0.15, -0.1) is 0 Å². The van der Waals surface area contributed by atoms with Gasteiger partial charge in [-0.05, 0) is 45.4 Å². The number of anilines is 2. The molecular weight excluding hydrogens is 510 g/mol. The number of aromatic nitrogens is 2. The molecule has 1 aliphatic rings. The van der Waals surface area contributed by atoms with Gasteiger partial charge in [0.2, 0.25) is 0 Å². The predicted molar refractivity (Wildman–Crippen MR) is 146 cm³/mol. The smallest absolute Gasteiger partial charge is 0.407 e. The second kappa shape index (κ2) is 11.6. The van der Waals surface area contributed by atoms with E-state index in [1.807, 2.05) is 32.9 Å². The van der Waals surface area contributed by atoms with Crippen LogP contribution in [0.1, 0.15) is 43.2 Å².